The second kappa shape index (κ2) is 16.2. The molecule has 4 aliphatic rings. The number of carbonyl (C=O) groups excluding carboxylic acids is 4. The van der Waals surface area contributed by atoms with Gasteiger partial charge in [0.2, 0.25) is 0 Å². The molecule has 2 N–H and O–H groups in total. The monoisotopic (exact) mass is 755 g/mol. The van der Waals surface area contributed by atoms with Gasteiger partial charge in [0.25, 0.3) is 5.69 Å². The van der Waals surface area contributed by atoms with Crippen LogP contribution in [0.4, 0.5) is 10.1 Å². The van der Waals surface area contributed by atoms with Crippen molar-refractivity contribution in [2.45, 2.75) is 90.7 Å². The highest BCUT2D eigenvalue weighted by molar-refractivity contribution is 6.01. The first-order valence-electron chi connectivity index (χ1n) is 18.5. The van der Waals surface area contributed by atoms with Gasteiger partial charge in [-0.2, -0.15) is 0 Å². The van der Waals surface area contributed by atoms with E-state index in [9.17, 15) is 39.5 Å². The second-order valence-corrected chi connectivity index (χ2v) is 15.4. The van der Waals surface area contributed by atoms with Crippen molar-refractivity contribution < 1.29 is 57.7 Å². The van der Waals surface area contributed by atoms with Gasteiger partial charge in [-0.15, -0.1) is 0 Å². The summed E-state index contributed by atoms with van der Waals surface area (Å²) in [5.74, 6) is -2.97. The largest absolute Gasteiger partial charge is 0.493 e. The van der Waals surface area contributed by atoms with Crippen molar-refractivity contribution in [3.8, 4) is 5.75 Å². The van der Waals surface area contributed by atoms with E-state index >= 15 is 4.39 Å². The first-order valence-corrected chi connectivity index (χ1v) is 18.5. The lowest BCUT2D eigenvalue weighted by molar-refractivity contribution is -0.386. The number of alkyl halides is 1. The van der Waals surface area contributed by atoms with Crippen LogP contribution in [0.25, 0.3) is 0 Å². The van der Waals surface area contributed by atoms with Crippen LogP contribution in [0.1, 0.15) is 83.5 Å². The van der Waals surface area contributed by atoms with Crippen LogP contribution in [-0.4, -0.2) is 76.8 Å². The van der Waals surface area contributed by atoms with Crippen molar-refractivity contribution in [1.82, 2.24) is 0 Å². The van der Waals surface area contributed by atoms with E-state index in [0.29, 0.717) is 24.8 Å². The number of benzene rings is 1. The van der Waals surface area contributed by atoms with Crippen LogP contribution >= 0.6 is 0 Å². The number of nitro benzene ring substituents is 1. The maximum atomic E-state index is 17.5. The number of Topliss-reactive ketones (excluding diaryl/α,β-unsaturated/α-hetero) is 1. The zero-order chi connectivity index (χ0) is 39.6. The van der Waals surface area contributed by atoms with Crippen molar-refractivity contribution >= 4 is 29.2 Å². The van der Waals surface area contributed by atoms with Crippen molar-refractivity contribution in [2.75, 3.05) is 26.4 Å². The van der Waals surface area contributed by atoms with Crippen LogP contribution < -0.4 is 4.74 Å². The molecule has 14 heteroatoms. The maximum absolute atomic E-state index is 17.5. The van der Waals surface area contributed by atoms with Crippen LogP contribution in [0.15, 0.2) is 48.6 Å². The Morgan fingerprint density at radius 1 is 1.17 bits per heavy atom. The van der Waals surface area contributed by atoms with Gasteiger partial charge in [0.15, 0.2) is 17.2 Å². The number of ether oxygens (including phenoxy) is 4. The number of aliphatic hydroxyl groups is 2. The fourth-order valence-electron chi connectivity index (χ4n) is 9.85. The minimum absolute atomic E-state index is 0.0174. The molecule has 3 saturated carbocycles. The third-order valence-electron chi connectivity index (χ3n) is 12.4. The van der Waals surface area contributed by atoms with E-state index in [4.69, 9.17) is 18.9 Å². The summed E-state index contributed by atoms with van der Waals surface area (Å²) in [6.07, 6.45) is 4.96. The topological polar surface area (TPSA) is 189 Å². The van der Waals surface area contributed by atoms with E-state index in [-0.39, 0.29) is 91.7 Å². The van der Waals surface area contributed by atoms with Crippen LogP contribution in [0.3, 0.4) is 0 Å². The molecule has 1 aromatic carbocycles. The Morgan fingerprint density at radius 2 is 1.89 bits per heavy atom. The van der Waals surface area contributed by atoms with Gasteiger partial charge in [0, 0.05) is 35.3 Å². The summed E-state index contributed by atoms with van der Waals surface area (Å²) < 4.78 is 38.9. The number of carbonyl (C=O) groups is 4. The summed E-state index contributed by atoms with van der Waals surface area (Å²) in [6.45, 7) is 9.36. The smallest absolute Gasteiger partial charge is 0.330 e. The average Bonchev–Trinajstić information content (AvgIpc) is 3.39. The van der Waals surface area contributed by atoms with Crippen molar-refractivity contribution in [2.24, 2.45) is 34.5 Å². The van der Waals surface area contributed by atoms with Crippen LogP contribution in [0.2, 0.25) is 0 Å². The van der Waals surface area contributed by atoms with Crippen LogP contribution in [0.5, 0.6) is 5.75 Å². The number of rotatable bonds is 16. The molecular weight excluding hydrogens is 705 g/mol. The minimum Gasteiger partial charge on any atom is -0.493 e. The summed E-state index contributed by atoms with van der Waals surface area (Å²) in [5, 5.41) is 33.9. The van der Waals surface area contributed by atoms with Gasteiger partial charge in [-0.3, -0.25) is 24.5 Å². The number of ketones is 2. The Labute approximate surface area is 313 Å². The van der Waals surface area contributed by atoms with Gasteiger partial charge in [-0.05, 0) is 81.4 Å². The molecule has 5 rings (SSSR count). The van der Waals surface area contributed by atoms with Crippen molar-refractivity contribution in [3.63, 3.8) is 0 Å². The Morgan fingerprint density at radius 3 is 2.57 bits per heavy atom. The fraction of sp³-hybridized carbons (Fsp3) is 0.600. The van der Waals surface area contributed by atoms with E-state index in [1.165, 1.54) is 24.3 Å². The summed E-state index contributed by atoms with van der Waals surface area (Å²) in [4.78, 5) is 60.7. The molecule has 0 amide bonds. The van der Waals surface area contributed by atoms with Crippen LogP contribution in [0, 0.1) is 44.6 Å². The van der Waals surface area contributed by atoms with E-state index in [1.54, 1.807) is 19.9 Å². The average molecular weight is 756 g/mol. The predicted molar refractivity (Wildman–Crippen MR) is 192 cm³/mol. The lowest BCUT2D eigenvalue weighted by atomic mass is 9.45. The molecule has 0 spiro atoms. The quantitative estimate of drug-likeness (QED) is 0.0720. The van der Waals surface area contributed by atoms with Gasteiger partial charge < -0.3 is 29.2 Å². The molecule has 3 fully saturated rings. The molecular formula is C40H50FNO12. The van der Waals surface area contributed by atoms with Gasteiger partial charge in [-0.25, -0.2) is 9.18 Å². The van der Waals surface area contributed by atoms with Gasteiger partial charge in [-0.1, -0.05) is 32.1 Å². The third-order valence-corrected chi connectivity index (χ3v) is 12.4. The number of nitrogens with zero attached hydrogens (tertiary/aromatic N) is 1. The molecule has 0 bridgehead atoms. The first kappa shape index (κ1) is 40.9. The lowest BCUT2D eigenvalue weighted by Gasteiger charge is -2.62. The molecule has 1 unspecified atom stereocenters. The number of halogens is 1. The fourth-order valence-corrected chi connectivity index (χ4v) is 9.85. The number of hydrogen-bond acceptors (Lipinski definition) is 12. The summed E-state index contributed by atoms with van der Waals surface area (Å²) >= 11 is 0. The summed E-state index contributed by atoms with van der Waals surface area (Å²) in [7, 11) is 0. The Balaban J connectivity index is 1.22. The molecule has 294 valence electrons. The highest BCUT2D eigenvalue weighted by atomic mass is 19.1. The van der Waals surface area contributed by atoms with Crippen molar-refractivity contribution in [3.05, 3.63) is 69.8 Å². The highest BCUT2D eigenvalue weighted by Crippen LogP contribution is 2.69. The first-order chi connectivity index (χ1) is 25.5. The van der Waals surface area contributed by atoms with E-state index in [1.807, 2.05) is 13.8 Å². The van der Waals surface area contributed by atoms with Crippen molar-refractivity contribution in [1.29, 1.82) is 0 Å². The maximum Gasteiger partial charge on any atom is 0.330 e. The number of hydrogen-bond donors (Lipinski definition) is 2. The van der Waals surface area contributed by atoms with E-state index in [0.717, 1.165) is 6.08 Å². The molecule has 0 aromatic heterocycles. The SMILES string of the molecule is C=CC(=O)OCCOC(=O)CCCOc1cc([N+](=O)[O-])c(C(C)OCC(=O)[C@H]2[C@H](C)C[C@H]3[C@@H]4CCC5=CC(=O)C=C[C@]5(C)[C@@]4(F)[C@@H](O)C[C@@]32C)cc1CO. The molecule has 0 heterocycles. The standard InChI is InChI=1S/C40H50FNO12/c1-6-35(47)52-14-15-53-36(48)8-7-13-51-33-19-31(42(49)50)28(17-25(33)21-43)24(3)54-22-32(45)37-23(2)16-30-29-10-9-26-18-27(44)11-12-39(26,5)40(29,41)34(46)20-38(30,37)4/h6,11-12,17-19,23-24,29-30,34,37,43,46H,1,7-10,13-16,20-22H2,2-5H3/t23-,24?,29+,30+,34+,37-,38+,39+,40+/m1/s1. The molecule has 1 aromatic rings. The van der Waals surface area contributed by atoms with Crippen LogP contribution in [-0.2, 0) is 40.0 Å². The van der Waals surface area contributed by atoms with Gasteiger partial charge in [0.1, 0.15) is 25.6 Å². The minimum atomic E-state index is -2.00. The number of nitro groups is 1. The molecule has 9 atom stereocenters. The zero-order valence-electron chi connectivity index (χ0n) is 31.2. The number of allylic oxidation sites excluding steroid dienone is 4. The Bertz CT molecular complexity index is 1740. The molecule has 4 aliphatic carbocycles. The third kappa shape index (κ3) is 7.52. The number of esters is 2. The normalized spacial score (nSPS) is 31.6. The molecule has 0 radical (unpaired) electrons. The molecule has 0 aliphatic heterocycles. The molecule has 54 heavy (non-hydrogen) atoms. The second-order valence-electron chi connectivity index (χ2n) is 15.4. The lowest BCUT2D eigenvalue weighted by Crippen LogP contribution is -2.66. The van der Waals surface area contributed by atoms with Gasteiger partial charge in [0.05, 0.1) is 42.0 Å². The molecule has 13 nitrogen and oxygen atoms in total. The Hall–Kier alpha value is -4.27. The van der Waals surface area contributed by atoms with Gasteiger partial charge >= 0.3 is 11.9 Å². The highest BCUT2D eigenvalue weighted by Gasteiger charge is 2.71. The Kier molecular flexibility index (Phi) is 12.3. The molecule has 0 saturated heterocycles. The number of aliphatic hydroxyl groups excluding tert-OH is 2. The summed E-state index contributed by atoms with van der Waals surface area (Å²) in [5.41, 5.74) is -3.14. The summed E-state index contributed by atoms with van der Waals surface area (Å²) in [6, 6.07) is 2.57. The predicted octanol–water partition coefficient (Wildman–Crippen LogP) is 5.40. The zero-order valence-corrected chi connectivity index (χ0v) is 31.2. The van der Waals surface area contributed by atoms with E-state index < -0.39 is 64.0 Å². The van der Waals surface area contributed by atoms with E-state index in [2.05, 4.69) is 6.58 Å². The number of fused-ring (bicyclic) bond motifs is 5.